The zero-order valence-electron chi connectivity index (χ0n) is 13.2. The largest absolute Gasteiger partial charge is 0.494 e. The van der Waals surface area contributed by atoms with Crippen LogP contribution in [0.5, 0.6) is 5.75 Å². The molecule has 0 spiro atoms. The van der Waals surface area contributed by atoms with Crippen LogP contribution in [0.2, 0.25) is 0 Å². The minimum atomic E-state index is -0.313. The summed E-state index contributed by atoms with van der Waals surface area (Å²) in [5.41, 5.74) is 1.48. The van der Waals surface area contributed by atoms with Crippen LogP contribution in [0.15, 0.2) is 18.2 Å². The molecular formula is C17H26FNO. The van der Waals surface area contributed by atoms with Crippen molar-refractivity contribution in [2.24, 2.45) is 10.8 Å². The Labute approximate surface area is 121 Å². The summed E-state index contributed by atoms with van der Waals surface area (Å²) in [5, 5.41) is 3.49. The Morgan fingerprint density at radius 1 is 1.15 bits per heavy atom. The quantitative estimate of drug-likeness (QED) is 0.854. The van der Waals surface area contributed by atoms with Crippen LogP contribution >= 0.6 is 0 Å². The van der Waals surface area contributed by atoms with Gasteiger partial charge in [-0.2, -0.15) is 0 Å². The summed E-state index contributed by atoms with van der Waals surface area (Å²) in [4.78, 5) is 0. The van der Waals surface area contributed by atoms with Crippen LogP contribution < -0.4 is 10.1 Å². The fourth-order valence-corrected chi connectivity index (χ4v) is 3.94. The smallest absolute Gasteiger partial charge is 0.167 e. The van der Waals surface area contributed by atoms with E-state index in [0.29, 0.717) is 22.6 Å². The number of anilines is 1. The summed E-state index contributed by atoms with van der Waals surface area (Å²) in [6.45, 7) is 9.27. The predicted octanol–water partition coefficient (Wildman–Crippen LogP) is 4.85. The lowest BCUT2D eigenvalue weighted by molar-refractivity contribution is 0.105. The summed E-state index contributed by atoms with van der Waals surface area (Å²) in [5.74, 6) is -0.0216. The Bertz CT molecular complexity index is 466. The van der Waals surface area contributed by atoms with Crippen LogP contribution in [-0.4, -0.2) is 13.2 Å². The highest BCUT2D eigenvalue weighted by atomic mass is 19.1. The Kier molecular flexibility index (Phi) is 3.99. The second-order valence-electron chi connectivity index (χ2n) is 7.60. The van der Waals surface area contributed by atoms with Crippen LogP contribution in [-0.2, 0) is 0 Å². The van der Waals surface area contributed by atoms with Gasteiger partial charge in [-0.25, -0.2) is 4.39 Å². The number of hydrogen-bond donors (Lipinski definition) is 1. The average molecular weight is 279 g/mol. The Morgan fingerprint density at radius 2 is 1.75 bits per heavy atom. The summed E-state index contributed by atoms with van der Waals surface area (Å²) >= 11 is 0. The highest BCUT2D eigenvalue weighted by Crippen LogP contribution is 2.46. The van der Waals surface area contributed by atoms with Crippen molar-refractivity contribution in [3.05, 3.63) is 24.0 Å². The molecule has 1 aromatic carbocycles. The first kappa shape index (κ1) is 15.1. The van der Waals surface area contributed by atoms with E-state index in [4.69, 9.17) is 4.74 Å². The normalized spacial score (nSPS) is 21.5. The molecule has 1 aromatic rings. The van der Waals surface area contributed by atoms with Gasteiger partial charge in [0, 0.05) is 17.8 Å². The molecule has 0 saturated heterocycles. The molecule has 112 valence electrons. The maximum Gasteiger partial charge on any atom is 0.167 e. The van der Waals surface area contributed by atoms with E-state index < -0.39 is 0 Å². The Morgan fingerprint density at radius 3 is 2.25 bits per heavy atom. The van der Waals surface area contributed by atoms with E-state index in [2.05, 4.69) is 33.0 Å². The molecule has 2 nitrogen and oxygen atoms in total. The summed E-state index contributed by atoms with van der Waals surface area (Å²) in [6.07, 6.45) is 3.46. The lowest BCUT2D eigenvalue weighted by Crippen LogP contribution is -2.40. The van der Waals surface area contributed by atoms with Gasteiger partial charge >= 0.3 is 0 Å². The minimum absolute atomic E-state index is 0.292. The molecule has 0 aromatic heterocycles. The highest BCUT2D eigenvalue weighted by Gasteiger charge is 2.38. The van der Waals surface area contributed by atoms with Crippen molar-refractivity contribution in [2.45, 2.75) is 53.0 Å². The number of nitrogens with one attached hydrogen (secondary N) is 1. The maximum atomic E-state index is 13.7. The molecule has 1 N–H and O–H groups in total. The Balaban J connectivity index is 2.11. The van der Waals surface area contributed by atoms with Gasteiger partial charge in [-0.3, -0.25) is 0 Å². The van der Waals surface area contributed by atoms with Gasteiger partial charge in [0.15, 0.2) is 11.6 Å². The zero-order valence-corrected chi connectivity index (χ0v) is 13.2. The predicted molar refractivity (Wildman–Crippen MR) is 81.8 cm³/mol. The molecule has 0 heterocycles. The number of rotatable bonds is 3. The van der Waals surface area contributed by atoms with Gasteiger partial charge in [0.05, 0.1) is 7.11 Å². The summed E-state index contributed by atoms with van der Waals surface area (Å²) in [7, 11) is 1.48. The van der Waals surface area contributed by atoms with E-state index >= 15 is 0 Å². The number of halogens is 1. The van der Waals surface area contributed by atoms with E-state index in [0.717, 1.165) is 18.5 Å². The molecule has 0 atom stereocenters. The van der Waals surface area contributed by atoms with Gasteiger partial charge in [-0.1, -0.05) is 27.7 Å². The number of benzene rings is 1. The average Bonchev–Trinajstić information content (AvgIpc) is 2.24. The fraction of sp³-hybridized carbons (Fsp3) is 0.647. The van der Waals surface area contributed by atoms with E-state index in [1.807, 2.05) is 6.07 Å². The molecule has 1 fully saturated rings. The van der Waals surface area contributed by atoms with Gasteiger partial charge < -0.3 is 10.1 Å². The van der Waals surface area contributed by atoms with Crippen molar-refractivity contribution in [1.82, 2.24) is 0 Å². The Hall–Kier alpha value is -1.25. The summed E-state index contributed by atoms with van der Waals surface area (Å²) in [6, 6.07) is 5.47. The van der Waals surface area contributed by atoms with Gasteiger partial charge in [0.2, 0.25) is 0 Å². The van der Waals surface area contributed by atoms with Crippen LogP contribution in [0.1, 0.15) is 47.0 Å². The van der Waals surface area contributed by atoms with E-state index in [1.54, 1.807) is 6.07 Å². The van der Waals surface area contributed by atoms with E-state index in [9.17, 15) is 4.39 Å². The van der Waals surface area contributed by atoms with Crippen LogP contribution in [0, 0.1) is 16.6 Å². The van der Waals surface area contributed by atoms with E-state index in [-0.39, 0.29) is 5.82 Å². The van der Waals surface area contributed by atoms with Crippen molar-refractivity contribution >= 4 is 5.69 Å². The molecule has 1 aliphatic carbocycles. The third kappa shape index (κ3) is 3.65. The van der Waals surface area contributed by atoms with Gasteiger partial charge in [-0.15, -0.1) is 0 Å². The molecular weight excluding hydrogens is 253 g/mol. The first-order chi connectivity index (χ1) is 9.21. The van der Waals surface area contributed by atoms with Crippen molar-refractivity contribution in [1.29, 1.82) is 0 Å². The monoisotopic (exact) mass is 279 g/mol. The molecule has 3 heteroatoms. The lowest BCUT2D eigenvalue weighted by Gasteiger charge is -2.45. The fourth-order valence-electron chi connectivity index (χ4n) is 3.94. The minimum Gasteiger partial charge on any atom is -0.494 e. The number of ether oxygens (including phenoxy) is 1. The molecule has 0 bridgehead atoms. The maximum absolute atomic E-state index is 13.7. The third-order valence-electron chi connectivity index (χ3n) is 4.08. The molecule has 1 saturated carbocycles. The number of hydrogen-bond acceptors (Lipinski definition) is 2. The van der Waals surface area contributed by atoms with E-state index in [1.165, 1.54) is 19.6 Å². The second kappa shape index (κ2) is 5.27. The molecule has 2 rings (SSSR count). The van der Waals surface area contributed by atoms with Gasteiger partial charge in [0.1, 0.15) is 0 Å². The molecule has 0 radical (unpaired) electrons. The van der Waals surface area contributed by atoms with Crippen LogP contribution in [0.3, 0.4) is 0 Å². The van der Waals surface area contributed by atoms with Crippen molar-refractivity contribution in [3.63, 3.8) is 0 Å². The SMILES string of the molecule is COc1ccc(NC2CC(C)(C)CC(C)(C)C2)cc1F. The van der Waals surface area contributed by atoms with Crippen molar-refractivity contribution in [2.75, 3.05) is 12.4 Å². The summed E-state index contributed by atoms with van der Waals surface area (Å²) < 4.78 is 18.7. The second-order valence-corrected chi connectivity index (χ2v) is 7.60. The lowest BCUT2D eigenvalue weighted by atomic mass is 9.63. The molecule has 0 amide bonds. The topological polar surface area (TPSA) is 21.3 Å². The van der Waals surface area contributed by atoms with Gasteiger partial charge in [0.25, 0.3) is 0 Å². The van der Waals surface area contributed by atoms with Crippen LogP contribution in [0.25, 0.3) is 0 Å². The first-order valence-electron chi connectivity index (χ1n) is 7.31. The standard InChI is InChI=1S/C17H26FNO/c1-16(2)9-13(10-17(3,4)11-16)19-12-6-7-15(20-5)14(18)8-12/h6-8,13,19H,9-11H2,1-5H3. The molecule has 20 heavy (non-hydrogen) atoms. The van der Waals surface area contributed by atoms with Crippen LogP contribution in [0.4, 0.5) is 10.1 Å². The molecule has 0 unspecified atom stereocenters. The zero-order chi connectivity index (χ0) is 15.0. The molecule has 0 aliphatic heterocycles. The third-order valence-corrected chi connectivity index (χ3v) is 4.08. The molecule has 1 aliphatic rings. The number of methoxy groups -OCH3 is 1. The first-order valence-corrected chi connectivity index (χ1v) is 7.31. The van der Waals surface area contributed by atoms with Crippen molar-refractivity contribution in [3.8, 4) is 5.75 Å². The van der Waals surface area contributed by atoms with Gasteiger partial charge in [-0.05, 0) is 42.2 Å². The highest BCUT2D eigenvalue weighted by molar-refractivity contribution is 5.48. The van der Waals surface area contributed by atoms with Crippen molar-refractivity contribution < 1.29 is 9.13 Å².